The van der Waals surface area contributed by atoms with Crippen LogP contribution < -0.4 is 0 Å². The molecule has 0 bridgehead atoms. The van der Waals surface area contributed by atoms with E-state index in [-0.39, 0.29) is 23.9 Å². The molecule has 2 rings (SSSR count). The van der Waals surface area contributed by atoms with Crippen molar-refractivity contribution in [2.24, 2.45) is 5.92 Å². The molecule has 0 radical (unpaired) electrons. The lowest BCUT2D eigenvalue weighted by molar-refractivity contribution is 0.0600. The summed E-state index contributed by atoms with van der Waals surface area (Å²) in [7, 11) is 1.31. The van der Waals surface area contributed by atoms with Crippen molar-refractivity contribution in [2.75, 3.05) is 7.11 Å². The van der Waals surface area contributed by atoms with Gasteiger partial charge in [-0.15, -0.1) is 0 Å². The third kappa shape index (κ3) is 4.16. The molecule has 0 fully saturated rings. The summed E-state index contributed by atoms with van der Waals surface area (Å²) in [5, 5.41) is 0. The van der Waals surface area contributed by atoms with Crippen LogP contribution in [0.4, 0.5) is 0 Å². The van der Waals surface area contributed by atoms with Crippen LogP contribution in [0.25, 0.3) is 0 Å². The maximum atomic E-state index is 12.6. The van der Waals surface area contributed by atoms with Crippen LogP contribution in [0, 0.1) is 5.92 Å². The molecule has 0 saturated carbocycles. The molecule has 0 aliphatic carbocycles. The normalized spacial score (nSPS) is 11.6. The number of methoxy groups -OCH3 is 1. The van der Waals surface area contributed by atoms with Crippen molar-refractivity contribution in [3.63, 3.8) is 0 Å². The van der Waals surface area contributed by atoms with Crippen LogP contribution in [-0.2, 0) is 4.74 Å². The SMILES string of the molecule is CCC(CC(=O)c1ccccc1)C(=O)c1ccc(C(=O)OC)cc1. The summed E-state index contributed by atoms with van der Waals surface area (Å²) in [6, 6.07) is 15.3. The van der Waals surface area contributed by atoms with Crippen molar-refractivity contribution in [3.05, 3.63) is 71.3 Å². The molecule has 2 aromatic rings. The second-order valence-corrected chi connectivity index (χ2v) is 5.53. The van der Waals surface area contributed by atoms with Crippen molar-refractivity contribution in [2.45, 2.75) is 19.8 Å². The van der Waals surface area contributed by atoms with Gasteiger partial charge in [0.1, 0.15) is 0 Å². The summed E-state index contributed by atoms with van der Waals surface area (Å²) < 4.78 is 4.64. The molecule has 2 aromatic carbocycles. The van der Waals surface area contributed by atoms with Gasteiger partial charge in [-0.1, -0.05) is 49.4 Å². The number of ether oxygens (including phenoxy) is 1. The molecule has 0 aromatic heterocycles. The van der Waals surface area contributed by atoms with Crippen molar-refractivity contribution >= 4 is 17.5 Å². The quantitative estimate of drug-likeness (QED) is 0.571. The Morgan fingerprint density at radius 2 is 1.46 bits per heavy atom. The first kappa shape index (κ1) is 17.6. The Kier molecular flexibility index (Phi) is 6.01. The van der Waals surface area contributed by atoms with Gasteiger partial charge in [0.15, 0.2) is 11.6 Å². The van der Waals surface area contributed by atoms with Gasteiger partial charge in [-0.05, 0) is 18.6 Å². The molecule has 124 valence electrons. The fraction of sp³-hybridized carbons (Fsp3) is 0.250. The van der Waals surface area contributed by atoms with Gasteiger partial charge in [-0.3, -0.25) is 9.59 Å². The van der Waals surface area contributed by atoms with Crippen molar-refractivity contribution in [3.8, 4) is 0 Å². The van der Waals surface area contributed by atoms with Gasteiger partial charge in [0.25, 0.3) is 0 Å². The van der Waals surface area contributed by atoms with Gasteiger partial charge >= 0.3 is 5.97 Å². The Balaban J connectivity index is 2.11. The minimum atomic E-state index is -0.444. The minimum Gasteiger partial charge on any atom is -0.465 e. The van der Waals surface area contributed by atoms with Gasteiger partial charge in [-0.25, -0.2) is 4.79 Å². The fourth-order valence-electron chi connectivity index (χ4n) is 2.51. The smallest absolute Gasteiger partial charge is 0.337 e. The van der Waals surface area contributed by atoms with E-state index in [0.717, 1.165) is 0 Å². The van der Waals surface area contributed by atoms with Gasteiger partial charge in [0.2, 0.25) is 0 Å². The maximum Gasteiger partial charge on any atom is 0.337 e. The summed E-state index contributed by atoms with van der Waals surface area (Å²) in [4.78, 5) is 36.4. The summed E-state index contributed by atoms with van der Waals surface area (Å²) in [6.07, 6.45) is 0.758. The highest BCUT2D eigenvalue weighted by atomic mass is 16.5. The lowest BCUT2D eigenvalue weighted by Crippen LogP contribution is -2.18. The van der Waals surface area contributed by atoms with E-state index in [1.807, 2.05) is 25.1 Å². The van der Waals surface area contributed by atoms with E-state index in [1.54, 1.807) is 36.4 Å². The Hall–Kier alpha value is -2.75. The summed E-state index contributed by atoms with van der Waals surface area (Å²) >= 11 is 0. The molecule has 1 unspecified atom stereocenters. The van der Waals surface area contributed by atoms with Crippen molar-refractivity contribution in [1.29, 1.82) is 0 Å². The largest absolute Gasteiger partial charge is 0.465 e. The first-order valence-electron chi connectivity index (χ1n) is 7.87. The van der Waals surface area contributed by atoms with Crippen molar-refractivity contribution < 1.29 is 19.1 Å². The molecular formula is C20H20O4. The van der Waals surface area contributed by atoms with Crippen LogP contribution >= 0.6 is 0 Å². The van der Waals surface area contributed by atoms with Gasteiger partial charge in [0, 0.05) is 23.5 Å². The number of rotatable bonds is 7. The van der Waals surface area contributed by atoms with E-state index in [4.69, 9.17) is 0 Å². The number of Topliss-reactive ketones (excluding diaryl/α,β-unsaturated/α-hetero) is 2. The molecule has 24 heavy (non-hydrogen) atoms. The Bertz CT molecular complexity index is 717. The van der Waals surface area contributed by atoms with Crippen LogP contribution in [0.15, 0.2) is 54.6 Å². The predicted molar refractivity (Wildman–Crippen MR) is 91.3 cm³/mol. The number of ketones is 2. The molecule has 0 saturated heterocycles. The highest BCUT2D eigenvalue weighted by Crippen LogP contribution is 2.19. The molecule has 0 amide bonds. The summed E-state index contributed by atoms with van der Waals surface area (Å²) in [5.74, 6) is -0.942. The van der Waals surface area contributed by atoms with Crippen LogP contribution in [-0.4, -0.2) is 24.6 Å². The Morgan fingerprint density at radius 3 is 2.00 bits per heavy atom. The van der Waals surface area contributed by atoms with Gasteiger partial charge in [0.05, 0.1) is 12.7 Å². The van der Waals surface area contributed by atoms with Crippen molar-refractivity contribution in [1.82, 2.24) is 0 Å². The van der Waals surface area contributed by atoms with E-state index in [1.165, 1.54) is 7.11 Å². The monoisotopic (exact) mass is 324 g/mol. The second-order valence-electron chi connectivity index (χ2n) is 5.53. The second kappa shape index (κ2) is 8.20. The maximum absolute atomic E-state index is 12.6. The molecular weight excluding hydrogens is 304 g/mol. The van der Waals surface area contributed by atoms with Crippen LogP contribution in [0.3, 0.4) is 0 Å². The van der Waals surface area contributed by atoms with Gasteiger partial charge in [-0.2, -0.15) is 0 Å². The Labute approximate surface area is 141 Å². The van der Waals surface area contributed by atoms with E-state index in [0.29, 0.717) is 23.1 Å². The third-order valence-electron chi connectivity index (χ3n) is 3.98. The summed E-state index contributed by atoms with van der Waals surface area (Å²) in [6.45, 7) is 1.89. The number of hydrogen-bond acceptors (Lipinski definition) is 4. The average Bonchev–Trinajstić information content (AvgIpc) is 2.65. The number of hydrogen-bond donors (Lipinski definition) is 0. The Morgan fingerprint density at radius 1 is 0.875 bits per heavy atom. The summed E-state index contributed by atoms with van der Waals surface area (Å²) in [5.41, 5.74) is 1.50. The average molecular weight is 324 g/mol. The molecule has 0 heterocycles. The minimum absolute atomic E-state index is 0.0398. The molecule has 1 atom stereocenters. The third-order valence-corrected chi connectivity index (χ3v) is 3.98. The van der Waals surface area contributed by atoms with E-state index < -0.39 is 5.97 Å². The molecule has 4 heteroatoms. The van der Waals surface area contributed by atoms with Gasteiger partial charge < -0.3 is 4.74 Å². The zero-order chi connectivity index (χ0) is 17.5. The van der Waals surface area contributed by atoms with Crippen LogP contribution in [0.1, 0.15) is 50.8 Å². The topological polar surface area (TPSA) is 60.4 Å². The van der Waals surface area contributed by atoms with E-state index in [9.17, 15) is 14.4 Å². The standard InChI is InChI=1S/C20H20O4/c1-3-14(13-18(21)15-7-5-4-6-8-15)19(22)16-9-11-17(12-10-16)20(23)24-2/h4-12,14H,3,13H2,1-2H3. The first-order valence-corrected chi connectivity index (χ1v) is 7.87. The first-order chi connectivity index (χ1) is 11.6. The molecule has 0 spiro atoms. The highest BCUT2D eigenvalue weighted by Gasteiger charge is 2.22. The number of esters is 1. The lowest BCUT2D eigenvalue weighted by Gasteiger charge is -2.13. The highest BCUT2D eigenvalue weighted by molar-refractivity contribution is 6.04. The van der Waals surface area contributed by atoms with E-state index >= 15 is 0 Å². The fourth-order valence-corrected chi connectivity index (χ4v) is 2.51. The predicted octanol–water partition coefficient (Wildman–Crippen LogP) is 3.96. The molecule has 0 aliphatic heterocycles. The number of benzene rings is 2. The van der Waals surface area contributed by atoms with Crippen LogP contribution in [0.2, 0.25) is 0 Å². The molecule has 0 N–H and O–H groups in total. The zero-order valence-corrected chi connectivity index (χ0v) is 13.8. The van der Waals surface area contributed by atoms with Crippen LogP contribution in [0.5, 0.6) is 0 Å². The molecule has 0 aliphatic rings. The lowest BCUT2D eigenvalue weighted by atomic mass is 9.89. The number of carbonyl (C=O) groups is 3. The van der Waals surface area contributed by atoms with E-state index in [2.05, 4.69) is 4.74 Å². The molecule has 4 nitrogen and oxygen atoms in total. The number of carbonyl (C=O) groups excluding carboxylic acids is 3. The zero-order valence-electron chi connectivity index (χ0n) is 13.8.